The van der Waals surface area contributed by atoms with E-state index in [2.05, 4.69) is 15.9 Å². The van der Waals surface area contributed by atoms with Crippen molar-refractivity contribution in [2.24, 2.45) is 0 Å². The summed E-state index contributed by atoms with van der Waals surface area (Å²) in [6, 6.07) is 0. The molecule has 0 rings (SSSR count). The van der Waals surface area contributed by atoms with Gasteiger partial charge in [-0.25, -0.2) is 0 Å². The second kappa shape index (κ2) is 6.14. The van der Waals surface area contributed by atoms with Gasteiger partial charge < -0.3 is 4.74 Å². The molecular weight excluding hydrogens is 202 g/mol. The number of ether oxygens (including phenoxy) is 1. The molecule has 50 valence electrons. The van der Waals surface area contributed by atoms with Crippen LogP contribution in [0.15, 0.2) is 9.89 Å². The number of rotatable bonds is 3. The molecule has 0 N–H and O–H groups in total. The van der Waals surface area contributed by atoms with Crippen LogP contribution in [0.1, 0.15) is 0 Å². The highest BCUT2D eigenvalue weighted by atomic mass is 79.9. The van der Waals surface area contributed by atoms with Crippen molar-refractivity contribution in [3.8, 4) is 5.40 Å². The quantitative estimate of drug-likeness (QED) is 0.665. The zero-order chi connectivity index (χ0) is 7.11. The van der Waals surface area contributed by atoms with Crippen LogP contribution in [0.5, 0.6) is 0 Å². The summed E-state index contributed by atoms with van der Waals surface area (Å²) in [6.07, 6.45) is 0. The number of hydrogen-bond donors (Lipinski definition) is 0. The molecule has 0 spiro atoms. The van der Waals surface area contributed by atoms with Gasteiger partial charge >= 0.3 is 0 Å². The summed E-state index contributed by atoms with van der Waals surface area (Å²) in [4.78, 5) is 2.56. The topological polar surface area (TPSA) is 33.0 Å². The van der Waals surface area contributed by atoms with E-state index in [1.165, 1.54) is 0 Å². The van der Waals surface area contributed by atoms with Crippen LogP contribution in [0.25, 0.3) is 0 Å². The predicted octanol–water partition coefficient (Wildman–Crippen LogP) is 2.08. The fraction of sp³-hybridized carbons (Fsp3) is 0.400. The van der Waals surface area contributed by atoms with Gasteiger partial charge in [-0.1, -0.05) is 15.9 Å². The Hall–Kier alpha value is 0.0200. The summed E-state index contributed by atoms with van der Waals surface area (Å²) in [6.45, 7) is 0.490. The normalized spacial score (nSPS) is 11.0. The molecule has 0 aliphatic rings. The molecule has 0 aliphatic heterocycles. The molecule has 0 saturated heterocycles. The number of halogens is 1. The van der Waals surface area contributed by atoms with Crippen molar-refractivity contribution in [2.45, 2.75) is 0 Å². The molecule has 0 heterocycles. The van der Waals surface area contributed by atoms with Crippen LogP contribution in [0.3, 0.4) is 0 Å². The van der Waals surface area contributed by atoms with Crippen LogP contribution >= 0.6 is 27.7 Å². The first kappa shape index (κ1) is 9.02. The standard InChI is InChI=1S/C5H6BrNOS/c1-8-3-5(2-6)9-4-7/h2H,3H2,1H3/b5-2-. The van der Waals surface area contributed by atoms with Crippen molar-refractivity contribution >= 4 is 27.7 Å². The van der Waals surface area contributed by atoms with Gasteiger partial charge in [-0.05, 0) is 16.7 Å². The molecule has 0 aromatic heterocycles. The Bertz CT molecular complexity index is 140. The number of methoxy groups -OCH3 is 1. The van der Waals surface area contributed by atoms with Gasteiger partial charge in [0.05, 0.1) is 6.61 Å². The number of thioether (sulfide) groups is 1. The smallest absolute Gasteiger partial charge is 0.138 e. The van der Waals surface area contributed by atoms with Crippen LogP contribution in [0.2, 0.25) is 0 Å². The molecule has 4 heteroatoms. The highest BCUT2D eigenvalue weighted by molar-refractivity contribution is 9.11. The highest BCUT2D eigenvalue weighted by Crippen LogP contribution is 2.14. The fourth-order valence-corrected chi connectivity index (χ4v) is 1.04. The zero-order valence-electron chi connectivity index (χ0n) is 4.93. The first-order valence-electron chi connectivity index (χ1n) is 2.19. The van der Waals surface area contributed by atoms with E-state index in [1.807, 2.05) is 5.40 Å². The summed E-state index contributed by atoms with van der Waals surface area (Å²) in [5.41, 5.74) is 0. The van der Waals surface area contributed by atoms with E-state index < -0.39 is 0 Å². The molecule has 0 amide bonds. The SMILES string of the molecule is COC/C(=C/Br)SC#N. The van der Waals surface area contributed by atoms with Crippen LogP contribution in [0.4, 0.5) is 0 Å². The maximum absolute atomic E-state index is 8.19. The Labute approximate surface area is 67.0 Å². The van der Waals surface area contributed by atoms with Gasteiger partial charge in [-0.3, -0.25) is 0 Å². The Morgan fingerprint density at radius 1 is 2.00 bits per heavy atom. The third-order valence-electron chi connectivity index (χ3n) is 0.585. The van der Waals surface area contributed by atoms with Gasteiger partial charge in [0.1, 0.15) is 5.40 Å². The van der Waals surface area contributed by atoms with Gasteiger partial charge in [0.25, 0.3) is 0 Å². The second-order valence-corrected chi connectivity index (χ2v) is 2.57. The van der Waals surface area contributed by atoms with Gasteiger partial charge in [0.2, 0.25) is 0 Å². The van der Waals surface area contributed by atoms with Crippen LogP contribution < -0.4 is 0 Å². The summed E-state index contributed by atoms with van der Waals surface area (Å²) in [5, 5.41) is 10.1. The molecule has 0 saturated carbocycles. The molecule has 0 radical (unpaired) electrons. The lowest BCUT2D eigenvalue weighted by Gasteiger charge is -1.95. The lowest BCUT2D eigenvalue weighted by Crippen LogP contribution is -1.87. The number of thiocyanates is 1. The summed E-state index contributed by atoms with van der Waals surface area (Å²) >= 11 is 4.20. The molecule has 0 unspecified atom stereocenters. The molecule has 0 aromatic carbocycles. The Kier molecular flexibility index (Phi) is 6.16. The van der Waals surface area contributed by atoms with E-state index in [9.17, 15) is 0 Å². The van der Waals surface area contributed by atoms with Gasteiger partial charge in [0, 0.05) is 12.0 Å². The van der Waals surface area contributed by atoms with Crippen molar-refractivity contribution in [2.75, 3.05) is 13.7 Å². The minimum Gasteiger partial charge on any atom is -0.379 e. The molecule has 0 fully saturated rings. The van der Waals surface area contributed by atoms with Gasteiger partial charge in [-0.2, -0.15) is 5.26 Å². The van der Waals surface area contributed by atoms with E-state index >= 15 is 0 Å². The van der Waals surface area contributed by atoms with E-state index in [-0.39, 0.29) is 0 Å². The van der Waals surface area contributed by atoms with Crippen molar-refractivity contribution < 1.29 is 4.74 Å². The monoisotopic (exact) mass is 207 g/mol. The van der Waals surface area contributed by atoms with Crippen LogP contribution in [-0.2, 0) is 4.74 Å². The molecule has 0 atom stereocenters. The average molecular weight is 208 g/mol. The highest BCUT2D eigenvalue weighted by Gasteiger charge is 1.93. The molecule has 2 nitrogen and oxygen atoms in total. The Balaban J connectivity index is 3.59. The third kappa shape index (κ3) is 4.52. The van der Waals surface area contributed by atoms with Crippen molar-refractivity contribution in [3.63, 3.8) is 0 Å². The Morgan fingerprint density at radius 3 is 3.00 bits per heavy atom. The first-order chi connectivity index (χ1) is 4.35. The minimum absolute atomic E-state index is 0.490. The molecule has 0 bridgehead atoms. The molecule has 9 heavy (non-hydrogen) atoms. The number of nitriles is 1. The maximum atomic E-state index is 8.19. The lowest BCUT2D eigenvalue weighted by molar-refractivity contribution is 0.232. The van der Waals surface area contributed by atoms with E-state index in [1.54, 1.807) is 12.1 Å². The van der Waals surface area contributed by atoms with Crippen molar-refractivity contribution in [1.82, 2.24) is 0 Å². The third-order valence-corrected chi connectivity index (χ3v) is 2.03. The summed E-state index contributed by atoms with van der Waals surface area (Å²) in [7, 11) is 1.59. The summed E-state index contributed by atoms with van der Waals surface area (Å²) in [5.74, 6) is 0. The minimum atomic E-state index is 0.490. The first-order valence-corrected chi connectivity index (χ1v) is 3.92. The predicted molar refractivity (Wildman–Crippen MR) is 42.1 cm³/mol. The molecule has 0 aromatic rings. The maximum Gasteiger partial charge on any atom is 0.138 e. The van der Waals surface area contributed by atoms with Gasteiger partial charge in [-0.15, -0.1) is 0 Å². The number of nitrogens with zero attached hydrogens (tertiary/aromatic N) is 1. The van der Waals surface area contributed by atoms with Crippen LogP contribution in [0, 0.1) is 10.7 Å². The van der Waals surface area contributed by atoms with E-state index in [4.69, 9.17) is 10.00 Å². The lowest BCUT2D eigenvalue weighted by atomic mass is 10.7. The number of hydrogen-bond acceptors (Lipinski definition) is 3. The van der Waals surface area contributed by atoms with Crippen molar-refractivity contribution in [3.05, 3.63) is 9.89 Å². The van der Waals surface area contributed by atoms with Crippen LogP contribution in [-0.4, -0.2) is 13.7 Å². The van der Waals surface area contributed by atoms with Gasteiger partial charge in [0.15, 0.2) is 0 Å². The largest absolute Gasteiger partial charge is 0.379 e. The van der Waals surface area contributed by atoms with Crippen molar-refractivity contribution in [1.29, 1.82) is 5.26 Å². The second-order valence-electron chi connectivity index (χ2n) is 1.20. The average Bonchev–Trinajstić information content (AvgIpc) is 1.88. The fourth-order valence-electron chi connectivity index (χ4n) is 0.284. The van der Waals surface area contributed by atoms with E-state index in [0.717, 1.165) is 16.7 Å². The molecular formula is C5H6BrNOS. The van der Waals surface area contributed by atoms with E-state index in [0.29, 0.717) is 6.61 Å². The Morgan fingerprint density at radius 2 is 2.67 bits per heavy atom. The summed E-state index contributed by atoms with van der Waals surface area (Å²) < 4.78 is 4.78. The zero-order valence-corrected chi connectivity index (χ0v) is 7.33. The molecule has 0 aliphatic carbocycles.